The molecule has 0 radical (unpaired) electrons. The number of carbonyl (C=O) groups is 1. The first-order valence-electron chi connectivity index (χ1n) is 6.11. The van der Waals surface area contributed by atoms with E-state index in [1.165, 1.54) is 13.2 Å². The molecule has 0 aliphatic heterocycles. The number of alkyl halides is 3. The van der Waals surface area contributed by atoms with Crippen molar-refractivity contribution >= 4 is 11.7 Å². The van der Waals surface area contributed by atoms with E-state index in [1.807, 2.05) is 0 Å². The maximum atomic E-state index is 12.6. The second-order valence-electron chi connectivity index (χ2n) is 4.65. The monoisotopic (exact) mass is 300 g/mol. The van der Waals surface area contributed by atoms with Gasteiger partial charge in [0.15, 0.2) is 0 Å². The van der Waals surface area contributed by atoms with Gasteiger partial charge in [0.05, 0.1) is 29.8 Å². The minimum atomic E-state index is -4.50. The summed E-state index contributed by atoms with van der Waals surface area (Å²) in [7, 11) is 2.86. The van der Waals surface area contributed by atoms with Gasteiger partial charge in [-0.2, -0.15) is 18.4 Å². The molecule has 1 rings (SSSR count). The van der Waals surface area contributed by atoms with Gasteiger partial charge in [-0.05, 0) is 18.2 Å². The molecule has 0 bridgehead atoms. The van der Waals surface area contributed by atoms with E-state index < -0.39 is 23.6 Å². The Hall–Kier alpha value is -2.23. The van der Waals surface area contributed by atoms with Crippen molar-refractivity contribution in [2.24, 2.45) is 5.92 Å². The second-order valence-corrected chi connectivity index (χ2v) is 4.65. The molecule has 0 N–H and O–H groups in total. The Labute approximate surface area is 120 Å². The zero-order valence-corrected chi connectivity index (χ0v) is 11.9. The van der Waals surface area contributed by atoms with Crippen LogP contribution in [0.2, 0.25) is 0 Å². The highest BCUT2D eigenvalue weighted by atomic mass is 19.4. The topological polar surface area (TPSA) is 53.3 Å². The van der Waals surface area contributed by atoms with Gasteiger partial charge in [0.1, 0.15) is 6.07 Å². The normalized spacial score (nSPS) is 12.4. The number of nitrogens with zero attached hydrogens (tertiary/aromatic N) is 2. The van der Waals surface area contributed by atoms with Gasteiger partial charge in [-0.1, -0.05) is 6.92 Å². The summed E-state index contributed by atoms with van der Waals surface area (Å²) in [5.41, 5.74) is -0.636. The van der Waals surface area contributed by atoms with Crippen LogP contribution in [-0.2, 0) is 15.7 Å². The smallest absolute Gasteiger partial charge is 0.416 e. The first-order valence-corrected chi connectivity index (χ1v) is 6.11. The van der Waals surface area contributed by atoms with E-state index in [2.05, 4.69) is 4.74 Å². The maximum Gasteiger partial charge on any atom is 0.416 e. The molecule has 1 aromatic carbocycles. The Bertz CT molecular complexity index is 564. The van der Waals surface area contributed by atoms with Gasteiger partial charge in [-0.15, -0.1) is 0 Å². The number of ether oxygens (including phenoxy) is 1. The Morgan fingerprint density at radius 1 is 1.48 bits per heavy atom. The minimum Gasteiger partial charge on any atom is -0.469 e. The van der Waals surface area contributed by atoms with E-state index in [0.29, 0.717) is 5.69 Å². The van der Waals surface area contributed by atoms with Gasteiger partial charge in [-0.3, -0.25) is 4.79 Å². The molecule has 7 heteroatoms. The number of methoxy groups -OCH3 is 1. The van der Waals surface area contributed by atoms with Gasteiger partial charge in [0, 0.05) is 13.6 Å². The van der Waals surface area contributed by atoms with Crippen LogP contribution in [0.4, 0.5) is 18.9 Å². The molecule has 0 spiro atoms. The van der Waals surface area contributed by atoms with Crippen molar-refractivity contribution in [2.45, 2.75) is 13.1 Å². The lowest BCUT2D eigenvalue weighted by Gasteiger charge is -2.23. The highest BCUT2D eigenvalue weighted by Crippen LogP contribution is 2.32. The van der Waals surface area contributed by atoms with Crippen molar-refractivity contribution in [1.29, 1.82) is 5.26 Å². The average Bonchev–Trinajstić information content (AvgIpc) is 2.44. The fourth-order valence-corrected chi connectivity index (χ4v) is 1.92. The van der Waals surface area contributed by atoms with Crippen molar-refractivity contribution in [3.8, 4) is 6.07 Å². The van der Waals surface area contributed by atoms with Crippen molar-refractivity contribution in [3.63, 3.8) is 0 Å². The number of esters is 1. The predicted octanol–water partition coefficient (Wildman–Crippen LogP) is 2.82. The van der Waals surface area contributed by atoms with E-state index in [-0.39, 0.29) is 12.1 Å². The SMILES string of the molecule is COC(=O)C(C)CN(C)c1ccc(C(F)(F)F)cc1C#N. The summed E-state index contributed by atoms with van der Waals surface area (Å²) in [6.07, 6.45) is -4.50. The van der Waals surface area contributed by atoms with Crippen LogP contribution in [0.5, 0.6) is 0 Å². The summed E-state index contributed by atoms with van der Waals surface area (Å²) in [4.78, 5) is 12.9. The Kier molecular flexibility index (Phi) is 5.19. The fourth-order valence-electron chi connectivity index (χ4n) is 1.92. The largest absolute Gasteiger partial charge is 0.469 e. The standard InChI is InChI=1S/C14H15F3N2O2/c1-9(13(20)21-3)8-19(2)12-5-4-11(14(15,16)17)6-10(12)7-18/h4-6,9H,8H2,1-3H3. The summed E-state index contributed by atoms with van der Waals surface area (Å²) in [6, 6.07) is 4.69. The molecule has 0 saturated carbocycles. The van der Waals surface area contributed by atoms with E-state index >= 15 is 0 Å². The lowest BCUT2D eigenvalue weighted by atomic mass is 10.1. The quantitative estimate of drug-likeness (QED) is 0.802. The molecule has 0 saturated heterocycles. The number of benzene rings is 1. The second kappa shape index (κ2) is 6.48. The first-order chi connectivity index (χ1) is 9.70. The maximum absolute atomic E-state index is 12.6. The van der Waals surface area contributed by atoms with Crippen LogP contribution in [0.3, 0.4) is 0 Å². The highest BCUT2D eigenvalue weighted by Gasteiger charge is 2.31. The zero-order chi connectivity index (χ0) is 16.2. The zero-order valence-electron chi connectivity index (χ0n) is 11.9. The summed E-state index contributed by atoms with van der Waals surface area (Å²) < 4.78 is 42.4. The van der Waals surface area contributed by atoms with Gasteiger partial charge in [0.25, 0.3) is 0 Å². The molecule has 4 nitrogen and oxygen atoms in total. The fraction of sp³-hybridized carbons (Fsp3) is 0.429. The molecular formula is C14H15F3N2O2. The Morgan fingerprint density at radius 3 is 2.57 bits per heavy atom. The lowest BCUT2D eigenvalue weighted by Crippen LogP contribution is -2.29. The first kappa shape index (κ1) is 16.8. The van der Waals surface area contributed by atoms with E-state index in [4.69, 9.17) is 5.26 Å². The number of nitriles is 1. The number of anilines is 1. The molecular weight excluding hydrogens is 285 g/mol. The molecule has 114 valence electrons. The van der Waals surface area contributed by atoms with Crippen molar-refractivity contribution in [1.82, 2.24) is 0 Å². The molecule has 0 fully saturated rings. The summed E-state index contributed by atoms with van der Waals surface area (Å²) >= 11 is 0. The molecule has 1 aromatic rings. The average molecular weight is 300 g/mol. The van der Waals surface area contributed by atoms with Crippen LogP contribution in [-0.4, -0.2) is 26.7 Å². The lowest BCUT2D eigenvalue weighted by molar-refractivity contribution is -0.144. The number of hydrogen-bond acceptors (Lipinski definition) is 4. The number of rotatable bonds is 4. The molecule has 0 aliphatic rings. The van der Waals surface area contributed by atoms with Crippen LogP contribution < -0.4 is 4.90 Å². The van der Waals surface area contributed by atoms with Crippen molar-refractivity contribution < 1.29 is 22.7 Å². The number of halogens is 3. The summed E-state index contributed by atoms with van der Waals surface area (Å²) in [5.74, 6) is -0.888. The third-order valence-corrected chi connectivity index (χ3v) is 3.01. The highest BCUT2D eigenvalue weighted by molar-refractivity contribution is 5.73. The van der Waals surface area contributed by atoms with E-state index in [1.54, 1.807) is 24.9 Å². The minimum absolute atomic E-state index is 0.0932. The van der Waals surface area contributed by atoms with Gasteiger partial charge < -0.3 is 9.64 Å². The number of carbonyl (C=O) groups excluding carboxylic acids is 1. The van der Waals surface area contributed by atoms with E-state index in [0.717, 1.165) is 12.1 Å². The number of hydrogen-bond donors (Lipinski definition) is 0. The molecule has 0 heterocycles. The summed E-state index contributed by atoms with van der Waals surface area (Å²) in [5, 5.41) is 9.01. The van der Waals surface area contributed by atoms with Crippen LogP contribution in [0.25, 0.3) is 0 Å². The Balaban J connectivity index is 3.03. The third kappa shape index (κ3) is 4.12. The van der Waals surface area contributed by atoms with Crippen LogP contribution in [0.15, 0.2) is 18.2 Å². The van der Waals surface area contributed by atoms with Crippen LogP contribution in [0.1, 0.15) is 18.1 Å². The van der Waals surface area contributed by atoms with Crippen molar-refractivity contribution in [3.05, 3.63) is 29.3 Å². The van der Waals surface area contributed by atoms with Crippen molar-refractivity contribution in [2.75, 3.05) is 25.6 Å². The molecule has 1 unspecified atom stereocenters. The third-order valence-electron chi connectivity index (χ3n) is 3.01. The van der Waals surface area contributed by atoms with Crippen LogP contribution in [0, 0.1) is 17.2 Å². The molecule has 0 aliphatic carbocycles. The van der Waals surface area contributed by atoms with E-state index in [9.17, 15) is 18.0 Å². The van der Waals surface area contributed by atoms with Gasteiger partial charge >= 0.3 is 12.1 Å². The summed E-state index contributed by atoms with van der Waals surface area (Å²) in [6.45, 7) is 1.87. The van der Waals surface area contributed by atoms with Gasteiger partial charge in [-0.25, -0.2) is 0 Å². The molecule has 0 amide bonds. The molecule has 1 atom stereocenters. The predicted molar refractivity (Wildman–Crippen MR) is 70.6 cm³/mol. The molecule has 21 heavy (non-hydrogen) atoms. The van der Waals surface area contributed by atoms with Gasteiger partial charge in [0.2, 0.25) is 0 Å². The van der Waals surface area contributed by atoms with Crippen LogP contribution >= 0.6 is 0 Å². The molecule has 0 aromatic heterocycles. The Morgan fingerprint density at radius 2 is 2.10 bits per heavy atom.